The van der Waals surface area contributed by atoms with Crippen LogP contribution in [0.1, 0.15) is 37.0 Å². The minimum Gasteiger partial charge on any atom is -0.343 e. The molecule has 2 amide bonds. The number of hydrogen-bond donors (Lipinski definition) is 3. The highest BCUT2D eigenvalue weighted by molar-refractivity contribution is 5.98. The van der Waals surface area contributed by atoms with Crippen molar-refractivity contribution in [3.05, 3.63) is 65.2 Å². The number of fused-ring (bicyclic) bond motifs is 1. The van der Waals surface area contributed by atoms with Crippen LogP contribution < -0.4 is 16.0 Å². The van der Waals surface area contributed by atoms with Crippen LogP contribution in [0.4, 0.5) is 5.69 Å². The zero-order valence-electron chi connectivity index (χ0n) is 16.8. The fourth-order valence-corrected chi connectivity index (χ4v) is 3.48. The van der Waals surface area contributed by atoms with Gasteiger partial charge in [-0.25, -0.2) is 0 Å². The summed E-state index contributed by atoms with van der Waals surface area (Å²) in [6.07, 6.45) is 1.22. The molecule has 5 heteroatoms. The van der Waals surface area contributed by atoms with Gasteiger partial charge in [-0.3, -0.25) is 9.59 Å². The van der Waals surface area contributed by atoms with Crippen LogP contribution in [0.5, 0.6) is 0 Å². The molecule has 1 aliphatic heterocycles. The number of nitrogens with one attached hydrogen (secondary N) is 3. The molecule has 0 radical (unpaired) electrons. The molecule has 2 aromatic rings. The highest BCUT2D eigenvalue weighted by Crippen LogP contribution is 2.17. The molecule has 0 aliphatic carbocycles. The normalized spacial score (nSPS) is 16.9. The third-order valence-corrected chi connectivity index (χ3v) is 5.06. The molecule has 2 atom stereocenters. The van der Waals surface area contributed by atoms with Crippen LogP contribution >= 0.6 is 0 Å². The molecule has 0 aromatic heterocycles. The molecule has 0 saturated carbocycles. The Morgan fingerprint density at radius 2 is 1.75 bits per heavy atom. The second kappa shape index (κ2) is 9.02. The Morgan fingerprint density at radius 1 is 1.07 bits per heavy atom. The highest BCUT2D eigenvalue weighted by Gasteiger charge is 2.28. The summed E-state index contributed by atoms with van der Waals surface area (Å²) in [5, 5.41) is 9.18. The molecule has 0 saturated heterocycles. The molecule has 0 spiro atoms. The molecule has 0 bridgehead atoms. The van der Waals surface area contributed by atoms with Crippen molar-refractivity contribution in [1.29, 1.82) is 0 Å². The van der Waals surface area contributed by atoms with Gasteiger partial charge in [-0.15, -0.1) is 0 Å². The maximum absolute atomic E-state index is 12.8. The lowest BCUT2D eigenvalue weighted by Gasteiger charge is -2.28. The Morgan fingerprint density at radius 3 is 2.43 bits per heavy atom. The van der Waals surface area contributed by atoms with E-state index < -0.39 is 6.04 Å². The van der Waals surface area contributed by atoms with Crippen molar-refractivity contribution >= 4 is 17.5 Å². The molecule has 3 N–H and O–H groups in total. The number of rotatable bonds is 6. The minimum absolute atomic E-state index is 0.126. The Kier molecular flexibility index (Phi) is 6.47. The number of carbonyl (C=O) groups excluding carboxylic acids is 2. The zero-order chi connectivity index (χ0) is 20.1. The van der Waals surface area contributed by atoms with Gasteiger partial charge in [0.05, 0.1) is 6.04 Å². The Hall–Kier alpha value is -2.66. The molecule has 3 rings (SSSR count). The summed E-state index contributed by atoms with van der Waals surface area (Å²) in [4.78, 5) is 25.7. The van der Waals surface area contributed by atoms with Gasteiger partial charge in [-0.05, 0) is 48.9 Å². The van der Waals surface area contributed by atoms with E-state index >= 15 is 0 Å². The van der Waals surface area contributed by atoms with Crippen LogP contribution in [0.15, 0.2) is 48.5 Å². The topological polar surface area (TPSA) is 70.2 Å². The molecular formula is C23H29N3O2. The zero-order valence-corrected chi connectivity index (χ0v) is 16.8. The van der Waals surface area contributed by atoms with Crippen molar-refractivity contribution in [1.82, 2.24) is 10.6 Å². The van der Waals surface area contributed by atoms with Crippen molar-refractivity contribution in [3.63, 3.8) is 0 Å². The van der Waals surface area contributed by atoms with Gasteiger partial charge in [0.15, 0.2) is 0 Å². The minimum atomic E-state index is -0.562. The average molecular weight is 380 g/mol. The van der Waals surface area contributed by atoms with E-state index in [4.69, 9.17) is 0 Å². The summed E-state index contributed by atoms with van der Waals surface area (Å²) in [7, 11) is 0. The van der Waals surface area contributed by atoms with E-state index in [0.29, 0.717) is 19.4 Å². The predicted molar refractivity (Wildman–Crippen MR) is 112 cm³/mol. The van der Waals surface area contributed by atoms with E-state index in [-0.39, 0.29) is 23.8 Å². The summed E-state index contributed by atoms with van der Waals surface area (Å²) < 4.78 is 0. The number of aryl methyl sites for hydroxylation is 1. The van der Waals surface area contributed by atoms with Crippen LogP contribution in [-0.2, 0) is 22.6 Å². The largest absolute Gasteiger partial charge is 0.343 e. The lowest BCUT2D eigenvalue weighted by molar-refractivity contribution is -0.128. The van der Waals surface area contributed by atoms with Crippen molar-refractivity contribution in [3.8, 4) is 0 Å². The fraction of sp³-hybridized carbons (Fsp3) is 0.391. The number of carbonyl (C=O) groups is 2. The van der Waals surface area contributed by atoms with E-state index in [1.165, 1.54) is 11.1 Å². The highest BCUT2D eigenvalue weighted by atomic mass is 16.2. The van der Waals surface area contributed by atoms with Gasteiger partial charge < -0.3 is 16.0 Å². The third kappa shape index (κ3) is 5.20. The number of anilines is 1. The lowest BCUT2D eigenvalue weighted by atomic mass is 9.95. The third-order valence-electron chi connectivity index (χ3n) is 5.06. The number of amides is 2. The average Bonchev–Trinajstić information content (AvgIpc) is 2.68. The molecular weight excluding hydrogens is 350 g/mol. The second-order valence-corrected chi connectivity index (χ2v) is 7.95. The van der Waals surface area contributed by atoms with Gasteiger partial charge in [-0.1, -0.05) is 55.8 Å². The van der Waals surface area contributed by atoms with Gasteiger partial charge in [-0.2, -0.15) is 0 Å². The molecule has 1 heterocycles. The van der Waals surface area contributed by atoms with Crippen LogP contribution in [-0.4, -0.2) is 23.9 Å². The van der Waals surface area contributed by atoms with Gasteiger partial charge in [0.25, 0.3) is 0 Å². The van der Waals surface area contributed by atoms with E-state index in [1.807, 2.05) is 57.2 Å². The summed E-state index contributed by atoms with van der Waals surface area (Å²) in [6.45, 7) is 6.77. The van der Waals surface area contributed by atoms with Crippen LogP contribution in [0, 0.1) is 12.8 Å². The maximum Gasteiger partial charge on any atom is 0.246 e. The quantitative estimate of drug-likeness (QED) is 0.722. The second-order valence-electron chi connectivity index (χ2n) is 7.95. The van der Waals surface area contributed by atoms with Crippen molar-refractivity contribution in [2.75, 3.05) is 5.32 Å². The number of benzene rings is 2. The molecule has 2 aromatic carbocycles. The van der Waals surface area contributed by atoms with Crippen LogP contribution in [0.2, 0.25) is 0 Å². The fourth-order valence-electron chi connectivity index (χ4n) is 3.48. The summed E-state index contributed by atoms with van der Waals surface area (Å²) >= 11 is 0. The van der Waals surface area contributed by atoms with Crippen molar-refractivity contribution in [2.24, 2.45) is 5.92 Å². The maximum atomic E-state index is 12.8. The summed E-state index contributed by atoms with van der Waals surface area (Å²) in [5.74, 6) is -0.0181. The molecule has 5 nitrogen and oxygen atoms in total. The van der Waals surface area contributed by atoms with E-state index in [0.717, 1.165) is 11.3 Å². The van der Waals surface area contributed by atoms with E-state index in [9.17, 15) is 9.59 Å². The Labute approximate surface area is 166 Å². The summed E-state index contributed by atoms with van der Waals surface area (Å²) in [5.41, 5.74) is 4.28. The first-order chi connectivity index (χ1) is 13.4. The lowest BCUT2D eigenvalue weighted by Crippen LogP contribution is -2.53. The first-order valence-corrected chi connectivity index (χ1v) is 9.90. The van der Waals surface area contributed by atoms with Crippen LogP contribution in [0.25, 0.3) is 0 Å². The summed E-state index contributed by atoms with van der Waals surface area (Å²) in [6, 6.07) is 14.9. The predicted octanol–water partition coefficient (Wildman–Crippen LogP) is 3.18. The standard InChI is InChI=1S/C23H29N3O2/c1-15(2)12-21(23(28)25-19-10-8-16(3)9-11-19)26-22(27)20-13-17-6-4-5-7-18(17)14-24-20/h4-11,15,20-21,24H,12-14H2,1-3H3,(H,25,28)(H,26,27)/t20-,21+/m0/s1. The van der Waals surface area contributed by atoms with Crippen molar-refractivity contribution < 1.29 is 9.59 Å². The molecule has 1 aliphatic rings. The van der Waals surface area contributed by atoms with Crippen LogP contribution in [0.3, 0.4) is 0 Å². The van der Waals surface area contributed by atoms with Gasteiger partial charge >= 0.3 is 0 Å². The number of hydrogen-bond acceptors (Lipinski definition) is 3. The molecule has 0 fully saturated rings. The van der Waals surface area contributed by atoms with Crippen molar-refractivity contribution in [2.45, 2.75) is 52.2 Å². The Balaban J connectivity index is 1.65. The van der Waals surface area contributed by atoms with E-state index in [1.54, 1.807) is 0 Å². The molecule has 0 unspecified atom stereocenters. The van der Waals surface area contributed by atoms with Gasteiger partial charge in [0, 0.05) is 12.2 Å². The SMILES string of the molecule is Cc1ccc(NC(=O)[C@@H](CC(C)C)NC(=O)[C@@H]2Cc3ccccc3CN2)cc1. The molecule has 28 heavy (non-hydrogen) atoms. The van der Waals surface area contributed by atoms with Gasteiger partial charge in [0.2, 0.25) is 11.8 Å². The monoisotopic (exact) mass is 379 g/mol. The first-order valence-electron chi connectivity index (χ1n) is 9.90. The van der Waals surface area contributed by atoms with Gasteiger partial charge in [0.1, 0.15) is 6.04 Å². The first kappa shape index (κ1) is 20.1. The molecule has 148 valence electrons. The Bertz CT molecular complexity index is 830. The smallest absolute Gasteiger partial charge is 0.246 e. The van der Waals surface area contributed by atoms with E-state index in [2.05, 4.69) is 28.1 Å².